The van der Waals surface area contributed by atoms with Crippen LogP contribution in [0.25, 0.3) is 80.8 Å². The number of hydrogen-bond donors (Lipinski definition) is 3. The van der Waals surface area contributed by atoms with Crippen molar-refractivity contribution in [2.45, 2.75) is 194 Å². The molecule has 484 valence electrons. The van der Waals surface area contributed by atoms with Crippen molar-refractivity contribution in [3.63, 3.8) is 0 Å². The first-order chi connectivity index (χ1) is 43.8. The van der Waals surface area contributed by atoms with Crippen LogP contribution < -0.4 is 30.3 Å². The fourth-order valence-corrected chi connectivity index (χ4v) is 18.0. The number of anilines is 1. The maximum absolute atomic E-state index is 14.5. The van der Waals surface area contributed by atoms with E-state index in [1.165, 1.54) is 28.7 Å². The summed E-state index contributed by atoms with van der Waals surface area (Å²) in [5, 5.41) is 28.5. The number of thiazole rings is 3. The first-order valence-electron chi connectivity index (χ1n) is 31.4. The number of aryl methyl sites for hydroxylation is 3. The zero-order valence-corrected chi connectivity index (χ0v) is 58.8. The Morgan fingerprint density at radius 2 is 0.978 bits per heavy atom. The summed E-state index contributed by atoms with van der Waals surface area (Å²) in [6.45, 7) is 32.6. The van der Waals surface area contributed by atoms with E-state index in [2.05, 4.69) is 168 Å². The van der Waals surface area contributed by atoms with Gasteiger partial charge >= 0.3 is 0 Å². The highest BCUT2D eigenvalue weighted by Crippen LogP contribution is 2.40. The van der Waals surface area contributed by atoms with E-state index in [1.807, 2.05) is 78.9 Å². The van der Waals surface area contributed by atoms with Crippen LogP contribution in [0.5, 0.6) is 10.4 Å². The first kappa shape index (κ1) is 64.0. The Hall–Kier alpha value is -7.70. The van der Waals surface area contributed by atoms with Gasteiger partial charge in [0.1, 0.15) is 45.5 Å². The molecule has 20 nitrogen and oxygen atoms in total. The predicted molar refractivity (Wildman–Crippen MR) is 372 cm³/mol. The van der Waals surface area contributed by atoms with Gasteiger partial charge in [-0.25, -0.2) is 38.8 Å². The number of fused-ring (bicyclic) bond motifs is 6. The number of hydrogen-bond acceptors (Lipinski definition) is 21. The van der Waals surface area contributed by atoms with Gasteiger partial charge in [0.25, 0.3) is 10.4 Å². The second-order valence-corrected chi connectivity index (χ2v) is 33.4. The molecule has 0 spiro atoms. The maximum Gasteiger partial charge on any atom is 0.274 e. The van der Waals surface area contributed by atoms with Gasteiger partial charge in [0.15, 0.2) is 22.2 Å². The number of aromatic nitrogens is 13. The number of nitriles is 1. The van der Waals surface area contributed by atoms with Crippen LogP contribution in [0, 0.1) is 37.9 Å². The van der Waals surface area contributed by atoms with Crippen LogP contribution in [-0.4, -0.2) is 122 Å². The number of halogens is 1. The van der Waals surface area contributed by atoms with Crippen LogP contribution in [0.1, 0.15) is 144 Å². The van der Waals surface area contributed by atoms with Gasteiger partial charge in [-0.05, 0) is 147 Å². The minimum Gasteiger partial charge on any atom is -0.467 e. The summed E-state index contributed by atoms with van der Waals surface area (Å²) in [5.74, 6) is -0.364. The summed E-state index contributed by atoms with van der Waals surface area (Å²) < 4.78 is 35.7. The van der Waals surface area contributed by atoms with Gasteiger partial charge in [-0.2, -0.15) is 10.4 Å². The van der Waals surface area contributed by atoms with Crippen molar-refractivity contribution in [1.82, 2.24) is 79.2 Å². The molecule has 3 saturated heterocycles. The highest BCUT2D eigenvalue weighted by atomic mass is 32.1. The lowest BCUT2D eigenvalue weighted by atomic mass is 9.79. The molecular weight excluding hydrogens is 1250 g/mol. The molecule has 0 unspecified atom stereocenters. The predicted octanol–water partition coefficient (Wildman–Crippen LogP) is 14.5. The van der Waals surface area contributed by atoms with Crippen molar-refractivity contribution in [1.29, 1.82) is 5.26 Å². The molecule has 0 aromatic carbocycles. The van der Waals surface area contributed by atoms with Crippen molar-refractivity contribution in [3.05, 3.63) is 108 Å². The zero-order valence-electron chi connectivity index (χ0n) is 55.5. The third kappa shape index (κ3) is 14.1. The smallest absolute Gasteiger partial charge is 0.274 e. The Balaban J connectivity index is 0.000000127. The molecule has 93 heavy (non-hydrogen) atoms. The quantitative estimate of drug-likeness (QED) is 0.122. The third-order valence-electron chi connectivity index (χ3n) is 17.0. The Kier molecular flexibility index (Phi) is 16.3. The van der Waals surface area contributed by atoms with Crippen LogP contribution in [0.3, 0.4) is 0 Å². The standard InChI is InChI=1S/C24H26N6OS.C23H26FN5OS.C21H27N7S2/c1-14-12-30-13-16(6-15(10-25)21(30)27-14)18-7-20-19(11-26-18)28-22(32-20)31-17-8-23(2,3)29-24(4,5)9-17;1-13-11-29-12-14(6-16(24)20(29)26-13)17-7-19-18(10-25-17)27-21(31-19)30-15-8-22(2,3)28-23(4,5)9-15;1-12-25-28-11-16(24-19(28)29-12)14-7-17-15(10-22-14)23-18(30-17)27(6)13-8-20(2,3)26-21(4,5)9-13/h6-7,11-13,17,29H,8-9H2,1-5H3;6-7,10-12,15,28H,8-9H2,1-5H3;7,10-11,13,26H,8-9H2,1-6H3. The molecule has 12 aromatic rings. The molecule has 0 aliphatic carbocycles. The van der Waals surface area contributed by atoms with Gasteiger partial charge in [0.2, 0.25) is 4.96 Å². The Labute approximate surface area is 556 Å². The molecule has 0 radical (unpaired) electrons. The summed E-state index contributed by atoms with van der Waals surface area (Å²) in [7, 11) is 2.17. The van der Waals surface area contributed by atoms with Gasteiger partial charge in [0.05, 0.1) is 72.9 Å². The van der Waals surface area contributed by atoms with E-state index in [0.717, 1.165) is 118 Å². The molecule has 0 saturated carbocycles. The van der Waals surface area contributed by atoms with Crippen molar-refractivity contribution in [3.8, 4) is 50.4 Å². The van der Waals surface area contributed by atoms with E-state index >= 15 is 0 Å². The molecule has 12 aromatic heterocycles. The molecule has 0 atom stereocenters. The zero-order chi connectivity index (χ0) is 65.9. The molecular formula is C68H79FN18O2S4. The van der Waals surface area contributed by atoms with Crippen LogP contribution in [0.15, 0.2) is 79.9 Å². The normalized spacial score (nSPS) is 18.6. The molecule has 3 N–H and O–H groups in total. The fraction of sp³-hybridized carbons (Fsp3) is 0.456. The topological polar surface area (TPSA) is 224 Å². The molecule has 3 aliphatic heterocycles. The van der Waals surface area contributed by atoms with Crippen molar-refractivity contribution in [2.24, 2.45) is 0 Å². The molecule has 0 bridgehead atoms. The SMILES string of the molecule is Cc1cn2cc(-c3cc4sc(OC5CC(C)(C)NC(C)(C)C5)nc4cn3)cc(C#N)c2n1.Cc1cn2cc(-c3cc4sc(OC5CC(C)(C)NC(C)(C)C5)nc4cn3)cc(F)c2n1.Cc1nn2cc(-c3cc4sc(N(C)C5CC(C)(C)NC(C)(C)C5)nc4cn3)nc2s1. The summed E-state index contributed by atoms with van der Waals surface area (Å²) in [4.78, 5) is 44.5. The lowest BCUT2D eigenvalue weighted by Crippen LogP contribution is -2.61. The molecule has 0 amide bonds. The average molecular weight is 1330 g/mol. The van der Waals surface area contributed by atoms with Crippen molar-refractivity contribution >= 4 is 97.4 Å². The third-order valence-corrected chi connectivity index (χ3v) is 20.8. The second-order valence-electron chi connectivity index (χ2n) is 29.2. The molecule has 3 fully saturated rings. The number of rotatable bonds is 9. The van der Waals surface area contributed by atoms with Gasteiger partial charge in [-0.15, -0.1) is 0 Å². The Bertz CT molecular complexity index is 4780. The van der Waals surface area contributed by atoms with Gasteiger partial charge in [-0.3, -0.25) is 15.0 Å². The fourth-order valence-electron chi connectivity index (χ4n) is 14.4. The van der Waals surface area contributed by atoms with Gasteiger partial charge < -0.3 is 39.1 Å². The van der Waals surface area contributed by atoms with Crippen molar-refractivity contribution in [2.75, 3.05) is 11.9 Å². The number of ether oxygens (including phenoxy) is 2. The van der Waals surface area contributed by atoms with E-state index < -0.39 is 0 Å². The van der Waals surface area contributed by atoms with Crippen LogP contribution in [-0.2, 0) is 0 Å². The van der Waals surface area contributed by atoms with E-state index in [-0.39, 0.29) is 51.3 Å². The monoisotopic (exact) mass is 1330 g/mol. The second kappa shape index (κ2) is 23.6. The summed E-state index contributed by atoms with van der Waals surface area (Å²) >= 11 is 6.36. The lowest BCUT2D eigenvalue weighted by molar-refractivity contribution is 0.0552. The largest absolute Gasteiger partial charge is 0.467 e. The summed E-state index contributed by atoms with van der Waals surface area (Å²) in [5.41, 5.74) is 10.7. The van der Waals surface area contributed by atoms with E-state index in [4.69, 9.17) is 14.5 Å². The van der Waals surface area contributed by atoms with E-state index in [9.17, 15) is 9.65 Å². The molecule has 15 heterocycles. The molecule has 25 heteroatoms. The van der Waals surface area contributed by atoms with E-state index in [1.54, 1.807) is 45.7 Å². The van der Waals surface area contributed by atoms with E-state index in [0.29, 0.717) is 44.5 Å². The highest BCUT2D eigenvalue weighted by molar-refractivity contribution is 7.22. The minimum atomic E-state index is -0.364. The number of piperidine rings is 3. The van der Waals surface area contributed by atoms with Gasteiger partial charge in [0, 0.05) is 108 Å². The minimum absolute atomic E-state index is 0.00617. The van der Waals surface area contributed by atoms with Gasteiger partial charge in [-0.1, -0.05) is 45.3 Å². The molecule has 15 rings (SSSR count). The maximum atomic E-state index is 14.5. The first-order valence-corrected chi connectivity index (χ1v) is 34.7. The number of imidazole rings is 3. The Morgan fingerprint density at radius 3 is 1.49 bits per heavy atom. The average Bonchev–Trinajstić information content (AvgIpc) is 1.75. The van der Waals surface area contributed by atoms with Crippen LogP contribution >= 0.6 is 45.3 Å². The number of pyridine rings is 5. The van der Waals surface area contributed by atoms with Crippen molar-refractivity contribution < 1.29 is 13.9 Å². The summed E-state index contributed by atoms with van der Waals surface area (Å²) in [6.07, 6.45) is 20.9. The highest BCUT2D eigenvalue weighted by Gasteiger charge is 2.42. The lowest BCUT2D eigenvalue weighted by Gasteiger charge is -2.48. The van der Waals surface area contributed by atoms with Crippen LogP contribution in [0.4, 0.5) is 9.52 Å². The van der Waals surface area contributed by atoms with Crippen LogP contribution in [0.2, 0.25) is 0 Å². The summed E-state index contributed by atoms with van der Waals surface area (Å²) in [6, 6.07) is 12.1. The Morgan fingerprint density at radius 1 is 0.527 bits per heavy atom. The number of nitrogens with one attached hydrogen (secondary N) is 3. The number of nitrogens with zero attached hydrogens (tertiary/aromatic N) is 15. The molecule has 3 aliphatic rings.